The Kier molecular flexibility index (Phi) is 9.27. The Labute approximate surface area is 99.6 Å². The van der Waals surface area contributed by atoms with Crippen molar-refractivity contribution < 1.29 is 19.8 Å². The van der Waals surface area contributed by atoms with Crippen LogP contribution >= 0.6 is 11.8 Å². The summed E-state index contributed by atoms with van der Waals surface area (Å²) in [4.78, 5) is 21.8. The van der Waals surface area contributed by atoms with Crippen molar-refractivity contribution in [2.24, 2.45) is 0 Å². The van der Waals surface area contributed by atoms with E-state index in [0.717, 1.165) is 0 Å². The van der Waals surface area contributed by atoms with E-state index in [1.807, 2.05) is 0 Å². The van der Waals surface area contributed by atoms with Gasteiger partial charge in [-0.1, -0.05) is 0 Å². The first-order chi connectivity index (χ1) is 7.56. The number of Topliss-reactive ketones (excluding diaryl/α,β-unsaturated/α-hetero) is 1. The second-order valence-corrected chi connectivity index (χ2v) is 4.51. The number of amides is 1. The molecule has 0 aliphatic carbocycles. The van der Waals surface area contributed by atoms with E-state index < -0.39 is 6.10 Å². The van der Waals surface area contributed by atoms with Gasteiger partial charge >= 0.3 is 0 Å². The van der Waals surface area contributed by atoms with Crippen molar-refractivity contribution in [2.75, 3.05) is 24.7 Å². The molecular formula is C10H19NO4S. The molecule has 94 valence electrons. The Bertz CT molecular complexity index is 223. The third-order valence-electron chi connectivity index (χ3n) is 1.79. The highest BCUT2D eigenvalue weighted by Crippen LogP contribution is 2.05. The van der Waals surface area contributed by atoms with Crippen molar-refractivity contribution in [3.8, 4) is 0 Å². The molecule has 0 saturated heterocycles. The molecule has 0 aromatic heterocycles. The van der Waals surface area contributed by atoms with Crippen LogP contribution in [0.5, 0.6) is 0 Å². The molecule has 0 aromatic carbocycles. The van der Waals surface area contributed by atoms with Crippen LogP contribution in [0.2, 0.25) is 0 Å². The van der Waals surface area contributed by atoms with Crippen molar-refractivity contribution >= 4 is 23.5 Å². The molecule has 5 nitrogen and oxygen atoms in total. The molecule has 0 rings (SSSR count). The molecule has 0 heterocycles. The van der Waals surface area contributed by atoms with E-state index in [-0.39, 0.29) is 18.3 Å². The van der Waals surface area contributed by atoms with E-state index in [9.17, 15) is 9.59 Å². The summed E-state index contributed by atoms with van der Waals surface area (Å²) in [7, 11) is 0. The van der Waals surface area contributed by atoms with Crippen LogP contribution in [0.15, 0.2) is 0 Å². The lowest BCUT2D eigenvalue weighted by molar-refractivity contribution is -0.119. The van der Waals surface area contributed by atoms with Crippen molar-refractivity contribution in [3.05, 3.63) is 0 Å². The van der Waals surface area contributed by atoms with Crippen LogP contribution in [0.3, 0.4) is 0 Å². The van der Waals surface area contributed by atoms with Gasteiger partial charge in [0, 0.05) is 25.6 Å². The smallest absolute Gasteiger partial charge is 0.216 e. The van der Waals surface area contributed by atoms with E-state index in [1.165, 1.54) is 18.7 Å². The summed E-state index contributed by atoms with van der Waals surface area (Å²) in [6.45, 7) is 1.68. The number of hydrogen-bond acceptors (Lipinski definition) is 5. The summed E-state index contributed by atoms with van der Waals surface area (Å²) < 4.78 is 0. The van der Waals surface area contributed by atoms with E-state index >= 15 is 0 Å². The minimum absolute atomic E-state index is 0.0899. The predicted molar refractivity (Wildman–Crippen MR) is 63.3 cm³/mol. The van der Waals surface area contributed by atoms with Crippen LogP contribution in [0.4, 0.5) is 0 Å². The van der Waals surface area contributed by atoms with Crippen LogP contribution < -0.4 is 5.32 Å². The molecule has 0 aromatic rings. The number of ketones is 1. The van der Waals surface area contributed by atoms with Gasteiger partial charge in [-0.05, 0) is 6.42 Å². The quantitative estimate of drug-likeness (QED) is 0.482. The number of thioether (sulfide) groups is 1. The topological polar surface area (TPSA) is 86.6 Å². The molecule has 0 fully saturated rings. The third-order valence-corrected chi connectivity index (χ3v) is 2.94. The Morgan fingerprint density at radius 1 is 1.44 bits per heavy atom. The lowest BCUT2D eigenvalue weighted by Gasteiger charge is -2.06. The van der Waals surface area contributed by atoms with Gasteiger partial charge in [-0.25, -0.2) is 0 Å². The number of hydrogen-bond donors (Lipinski definition) is 3. The minimum Gasteiger partial charge on any atom is -0.394 e. The van der Waals surface area contributed by atoms with Crippen molar-refractivity contribution in [1.29, 1.82) is 0 Å². The van der Waals surface area contributed by atoms with E-state index in [0.29, 0.717) is 30.9 Å². The highest BCUT2D eigenvalue weighted by Gasteiger charge is 2.05. The first-order valence-corrected chi connectivity index (χ1v) is 6.34. The zero-order valence-electron chi connectivity index (χ0n) is 9.44. The monoisotopic (exact) mass is 249 g/mol. The minimum atomic E-state index is -0.753. The Morgan fingerprint density at radius 2 is 2.12 bits per heavy atom. The highest BCUT2D eigenvalue weighted by molar-refractivity contribution is 7.99. The lowest BCUT2D eigenvalue weighted by atomic mass is 10.2. The predicted octanol–water partition coefficient (Wildman–Crippen LogP) is -0.442. The lowest BCUT2D eigenvalue weighted by Crippen LogP contribution is -2.21. The summed E-state index contributed by atoms with van der Waals surface area (Å²) in [5.41, 5.74) is 0. The van der Waals surface area contributed by atoms with Crippen molar-refractivity contribution in [2.45, 2.75) is 25.9 Å². The number of carbonyl (C=O) groups is 2. The summed E-state index contributed by atoms with van der Waals surface area (Å²) in [5, 5.41) is 20.2. The van der Waals surface area contributed by atoms with Crippen LogP contribution in [-0.2, 0) is 9.59 Å². The van der Waals surface area contributed by atoms with Crippen LogP contribution in [-0.4, -0.2) is 52.7 Å². The fourth-order valence-corrected chi connectivity index (χ4v) is 1.85. The molecule has 0 radical (unpaired) electrons. The summed E-state index contributed by atoms with van der Waals surface area (Å²) >= 11 is 1.31. The molecule has 0 aliphatic rings. The Balaban J connectivity index is 3.34. The number of carbonyl (C=O) groups excluding carboxylic acids is 2. The molecule has 0 saturated carbocycles. The van der Waals surface area contributed by atoms with Crippen LogP contribution in [0, 0.1) is 0 Å². The normalized spacial score (nSPS) is 12.2. The number of aliphatic hydroxyl groups excluding tert-OH is 2. The van der Waals surface area contributed by atoms with Gasteiger partial charge in [0.2, 0.25) is 5.91 Å². The van der Waals surface area contributed by atoms with E-state index in [4.69, 9.17) is 10.2 Å². The fraction of sp³-hybridized carbons (Fsp3) is 0.800. The number of rotatable bonds is 9. The van der Waals surface area contributed by atoms with Gasteiger partial charge in [-0.15, -0.1) is 0 Å². The largest absolute Gasteiger partial charge is 0.394 e. The molecule has 0 aliphatic heterocycles. The molecule has 1 atom stereocenters. The van der Waals surface area contributed by atoms with Gasteiger partial charge in [-0.2, -0.15) is 11.8 Å². The molecule has 3 N–H and O–H groups in total. The van der Waals surface area contributed by atoms with Gasteiger partial charge in [-0.3, -0.25) is 9.59 Å². The second kappa shape index (κ2) is 9.62. The standard InChI is InChI=1S/C10H19NO4S/c1-8(13)11-4-2-3-9(14)6-16-7-10(15)5-12/h10,12,15H,2-7H2,1H3,(H,11,13). The average molecular weight is 249 g/mol. The van der Waals surface area contributed by atoms with Gasteiger partial charge in [0.25, 0.3) is 0 Å². The van der Waals surface area contributed by atoms with Gasteiger partial charge < -0.3 is 15.5 Å². The summed E-state index contributed by atoms with van der Waals surface area (Å²) in [5.74, 6) is 0.721. The van der Waals surface area contributed by atoms with Gasteiger partial charge in [0.1, 0.15) is 5.78 Å². The summed E-state index contributed by atoms with van der Waals surface area (Å²) in [6.07, 6.45) is 0.321. The fourth-order valence-electron chi connectivity index (χ4n) is 0.984. The molecule has 1 amide bonds. The van der Waals surface area contributed by atoms with E-state index in [2.05, 4.69) is 5.32 Å². The highest BCUT2D eigenvalue weighted by atomic mass is 32.2. The van der Waals surface area contributed by atoms with Gasteiger partial charge in [0.15, 0.2) is 0 Å². The average Bonchev–Trinajstić information content (AvgIpc) is 2.24. The molecule has 16 heavy (non-hydrogen) atoms. The zero-order chi connectivity index (χ0) is 12.4. The van der Waals surface area contributed by atoms with Crippen LogP contribution in [0.1, 0.15) is 19.8 Å². The zero-order valence-corrected chi connectivity index (χ0v) is 10.3. The molecular weight excluding hydrogens is 230 g/mol. The van der Waals surface area contributed by atoms with Crippen molar-refractivity contribution in [1.82, 2.24) is 5.32 Å². The maximum atomic E-state index is 11.3. The maximum Gasteiger partial charge on any atom is 0.216 e. The van der Waals surface area contributed by atoms with Gasteiger partial charge in [0.05, 0.1) is 18.5 Å². The Hall–Kier alpha value is -0.590. The summed E-state index contributed by atoms with van der Waals surface area (Å²) in [6, 6.07) is 0. The maximum absolute atomic E-state index is 11.3. The third kappa shape index (κ3) is 9.95. The number of nitrogens with one attached hydrogen (secondary N) is 1. The van der Waals surface area contributed by atoms with Crippen molar-refractivity contribution in [3.63, 3.8) is 0 Å². The second-order valence-electron chi connectivity index (χ2n) is 3.48. The number of aliphatic hydroxyl groups is 2. The molecule has 1 unspecified atom stereocenters. The first-order valence-electron chi connectivity index (χ1n) is 5.19. The molecule has 6 heteroatoms. The molecule has 0 spiro atoms. The van der Waals surface area contributed by atoms with E-state index in [1.54, 1.807) is 0 Å². The van der Waals surface area contributed by atoms with Crippen LogP contribution in [0.25, 0.3) is 0 Å². The SMILES string of the molecule is CC(=O)NCCCC(=O)CSCC(O)CO. The molecule has 0 bridgehead atoms. The Morgan fingerprint density at radius 3 is 2.69 bits per heavy atom. The first kappa shape index (κ1) is 15.4.